The smallest absolute Gasteiger partial charge is 0.180 e. The van der Waals surface area contributed by atoms with Gasteiger partial charge in [0.25, 0.3) is 0 Å². The number of hydrogen-bond acceptors (Lipinski definition) is 2. The van der Waals surface area contributed by atoms with Crippen molar-refractivity contribution in [3.05, 3.63) is 59.5 Å². The molecule has 0 N–H and O–H groups in total. The van der Waals surface area contributed by atoms with Crippen molar-refractivity contribution in [1.82, 2.24) is 9.38 Å². The quantitative estimate of drug-likeness (QED) is 0.706. The fourth-order valence-corrected chi connectivity index (χ4v) is 2.37. The first-order valence-corrected chi connectivity index (χ1v) is 6.90. The molecule has 0 saturated heterocycles. The Morgan fingerprint density at radius 2 is 1.80 bits per heavy atom. The van der Waals surface area contributed by atoms with Crippen LogP contribution >= 0.6 is 0 Å². The molecule has 0 aliphatic heterocycles. The Bertz CT molecular complexity index is 759. The van der Waals surface area contributed by atoms with E-state index in [-0.39, 0.29) is 0 Å². The van der Waals surface area contributed by atoms with Gasteiger partial charge in [0.2, 0.25) is 0 Å². The molecule has 0 bridgehead atoms. The van der Waals surface area contributed by atoms with E-state index in [1.165, 1.54) is 5.56 Å². The molecular formula is C17H18N2O. The first-order chi connectivity index (χ1) is 9.70. The lowest BCUT2D eigenvalue weighted by Gasteiger charge is -2.10. The Labute approximate surface area is 118 Å². The number of benzene rings is 1. The number of rotatable bonds is 3. The molecule has 3 heteroatoms. The van der Waals surface area contributed by atoms with E-state index in [1.807, 2.05) is 43.5 Å². The van der Waals surface area contributed by atoms with Crippen molar-refractivity contribution in [3.63, 3.8) is 0 Å². The summed E-state index contributed by atoms with van der Waals surface area (Å²) in [6.07, 6.45) is 2.97. The predicted molar refractivity (Wildman–Crippen MR) is 80.6 cm³/mol. The van der Waals surface area contributed by atoms with Crippen LogP contribution in [-0.4, -0.2) is 9.38 Å². The number of imidazole rings is 1. The van der Waals surface area contributed by atoms with Crippen molar-refractivity contribution < 1.29 is 4.74 Å². The lowest BCUT2D eigenvalue weighted by molar-refractivity contribution is 0.479. The van der Waals surface area contributed by atoms with Crippen molar-refractivity contribution in [2.75, 3.05) is 0 Å². The number of aromatic nitrogens is 2. The van der Waals surface area contributed by atoms with E-state index < -0.39 is 0 Å². The summed E-state index contributed by atoms with van der Waals surface area (Å²) in [7, 11) is 0. The highest BCUT2D eigenvalue weighted by Crippen LogP contribution is 2.29. The molecule has 20 heavy (non-hydrogen) atoms. The number of ether oxygens (including phenoxy) is 1. The highest BCUT2D eigenvalue weighted by molar-refractivity contribution is 5.57. The molecule has 0 radical (unpaired) electrons. The molecule has 0 aliphatic carbocycles. The van der Waals surface area contributed by atoms with Gasteiger partial charge in [-0.2, -0.15) is 0 Å². The number of para-hydroxylation sites is 1. The van der Waals surface area contributed by atoms with E-state index >= 15 is 0 Å². The van der Waals surface area contributed by atoms with Crippen molar-refractivity contribution in [3.8, 4) is 11.5 Å². The van der Waals surface area contributed by atoms with Gasteiger partial charge in [-0.1, -0.05) is 25.1 Å². The molecule has 0 spiro atoms. The number of pyridine rings is 1. The third-order valence-electron chi connectivity index (χ3n) is 3.66. The molecule has 3 nitrogen and oxygen atoms in total. The first kappa shape index (κ1) is 12.7. The Kier molecular flexibility index (Phi) is 3.18. The van der Waals surface area contributed by atoms with Gasteiger partial charge in [0.1, 0.15) is 5.75 Å². The van der Waals surface area contributed by atoms with E-state index in [0.29, 0.717) is 0 Å². The number of aryl methyl sites for hydroxylation is 3. The van der Waals surface area contributed by atoms with E-state index in [1.54, 1.807) is 0 Å². The third kappa shape index (κ3) is 2.05. The summed E-state index contributed by atoms with van der Waals surface area (Å²) in [5.41, 5.74) is 4.25. The second-order valence-electron chi connectivity index (χ2n) is 4.91. The van der Waals surface area contributed by atoms with Crippen LogP contribution in [-0.2, 0) is 6.42 Å². The van der Waals surface area contributed by atoms with Crippen LogP contribution in [0, 0.1) is 13.8 Å². The molecule has 2 heterocycles. The second kappa shape index (κ2) is 5.00. The number of hydrogen-bond donors (Lipinski definition) is 0. The Morgan fingerprint density at radius 1 is 1.05 bits per heavy atom. The van der Waals surface area contributed by atoms with Crippen LogP contribution in [0.5, 0.6) is 11.5 Å². The summed E-state index contributed by atoms with van der Waals surface area (Å²) < 4.78 is 8.17. The van der Waals surface area contributed by atoms with Crippen LogP contribution in [0.1, 0.15) is 23.9 Å². The highest BCUT2D eigenvalue weighted by atomic mass is 16.5. The predicted octanol–water partition coefficient (Wildman–Crippen LogP) is 4.31. The fourth-order valence-electron chi connectivity index (χ4n) is 2.37. The maximum atomic E-state index is 6.10. The Hall–Kier alpha value is -2.29. The standard InChI is InChI=1S/C17H18N2O/c1-4-14-8-5-6-9-15(14)20-16-10-7-11-19-13(3)12(2)18-17(16)19/h5-11H,4H2,1-3H3. The topological polar surface area (TPSA) is 26.5 Å². The lowest BCUT2D eigenvalue weighted by Crippen LogP contribution is -1.94. The van der Waals surface area contributed by atoms with Gasteiger partial charge >= 0.3 is 0 Å². The van der Waals surface area contributed by atoms with Crippen LogP contribution in [0.25, 0.3) is 5.65 Å². The van der Waals surface area contributed by atoms with Crippen molar-refractivity contribution >= 4 is 5.65 Å². The maximum absolute atomic E-state index is 6.10. The van der Waals surface area contributed by atoms with Gasteiger partial charge in [-0.15, -0.1) is 0 Å². The molecule has 3 rings (SSSR count). The van der Waals surface area contributed by atoms with Gasteiger partial charge in [0, 0.05) is 11.9 Å². The largest absolute Gasteiger partial charge is 0.453 e. The molecule has 0 unspecified atom stereocenters. The lowest BCUT2D eigenvalue weighted by atomic mass is 10.1. The molecule has 0 aliphatic rings. The zero-order valence-electron chi connectivity index (χ0n) is 12.1. The summed E-state index contributed by atoms with van der Waals surface area (Å²) in [6.45, 7) is 6.22. The third-order valence-corrected chi connectivity index (χ3v) is 3.66. The van der Waals surface area contributed by atoms with Crippen LogP contribution in [0.3, 0.4) is 0 Å². The van der Waals surface area contributed by atoms with E-state index in [4.69, 9.17) is 4.74 Å². The van der Waals surface area contributed by atoms with E-state index in [9.17, 15) is 0 Å². The first-order valence-electron chi connectivity index (χ1n) is 6.90. The van der Waals surface area contributed by atoms with Crippen LogP contribution in [0.4, 0.5) is 0 Å². The van der Waals surface area contributed by atoms with Crippen molar-refractivity contribution in [1.29, 1.82) is 0 Å². The molecular weight excluding hydrogens is 248 g/mol. The van der Waals surface area contributed by atoms with E-state index in [0.717, 1.165) is 35.0 Å². The molecule has 1 aromatic carbocycles. The van der Waals surface area contributed by atoms with Gasteiger partial charge in [-0.3, -0.25) is 0 Å². The SMILES string of the molecule is CCc1ccccc1Oc1cccn2c(C)c(C)nc12. The number of fused-ring (bicyclic) bond motifs is 1. The highest BCUT2D eigenvalue weighted by Gasteiger charge is 2.11. The summed E-state index contributed by atoms with van der Waals surface area (Å²) >= 11 is 0. The summed E-state index contributed by atoms with van der Waals surface area (Å²) in [4.78, 5) is 4.60. The van der Waals surface area contributed by atoms with Crippen molar-refractivity contribution in [2.24, 2.45) is 0 Å². The molecule has 0 atom stereocenters. The Morgan fingerprint density at radius 3 is 2.60 bits per heavy atom. The molecule has 0 fully saturated rings. The number of nitrogens with zero attached hydrogens (tertiary/aromatic N) is 2. The van der Waals surface area contributed by atoms with Gasteiger partial charge in [-0.25, -0.2) is 4.98 Å². The molecule has 2 aromatic heterocycles. The van der Waals surface area contributed by atoms with Crippen molar-refractivity contribution in [2.45, 2.75) is 27.2 Å². The van der Waals surface area contributed by atoms with Crippen LogP contribution in [0.2, 0.25) is 0 Å². The monoisotopic (exact) mass is 266 g/mol. The average molecular weight is 266 g/mol. The maximum Gasteiger partial charge on any atom is 0.180 e. The molecule has 3 aromatic rings. The fraction of sp³-hybridized carbons (Fsp3) is 0.235. The normalized spacial score (nSPS) is 10.9. The molecule has 0 amide bonds. The summed E-state index contributed by atoms with van der Waals surface area (Å²) in [5, 5.41) is 0. The average Bonchev–Trinajstić information content (AvgIpc) is 2.77. The van der Waals surface area contributed by atoms with E-state index in [2.05, 4.69) is 29.3 Å². The zero-order chi connectivity index (χ0) is 14.1. The minimum Gasteiger partial charge on any atom is -0.453 e. The van der Waals surface area contributed by atoms with Crippen LogP contribution < -0.4 is 4.74 Å². The van der Waals surface area contributed by atoms with Crippen LogP contribution in [0.15, 0.2) is 42.6 Å². The van der Waals surface area contributed by atoms with Gasteiger partial charge in [0.05, 0.1) is 5.69 Å². The Balaban J connectivity index is 2.09. The minimum absolute atomic E-state index is 0.796. The molecule has 0 saturated carbocycles. The summed E-state index contributed by atoms with van der Waals surface area (Å²) in [6, 6.07) is 12.1. The van der Waals surface area contributed by atoms with Gasteiger partial charge < -0.3 is 9.14 Å². The van der Waals surface area contributed by atoms with Gasteiger partial charge in [-0.05, 0) is 44.0 Å². The second-order valence-corrected chi connectivity index (χ2v) is 4.91. The summed E-state index contributed by atoms with van der Waals surface area (Å²) in [5.74, 6) is 1.70. The minimum atomic E-state index is 0.796. The molecule has 102 valence electrons. The van der Waals surface area contributed by atoms with Gasteiger partial charge in [0.15, 0.2) is 11.4 Å². The zero-order valence-corrected chi connectivity index (χ0v) is 12.1.